The van der Waals surface area contributed by atoms with Crippen molar-refractivity contribution in [3.8, 4) is 0 Å². The fraction of sp³-hybridized carbons (Fsp3) is 0.222. The lowest BCUT2D eigenvalue weighted by Crippen LogP contribution is -2.43. The number of rotatable bonds is 3. The molecular formula is C18H18F2N4O4S. The molecule has 0 aliphatic carbocycles. The van der Waals surface area contributed by atoms with E-state index in [2.05, 4.69) is 15.3 Å². The summed E-state index contributed by atoms with van der Waals surface area (Å²) in [6.07, 6.45) is 1.39. The third-order valence-corrected chi connectivity index (χ3v) is 6.02. The number of nitrogens with one attached hydrogen (secondary N) is 1. The maximum atomic E-state index is 14.0. The average Bonchev–Trinajstić information content (AvgIpc) is 3.15. The maximum Gasteiger partial charge on any atom is 0.290 e. The molecule has 2 N–H and O–H groups in total. The van der Waals surface area contributed by atoms with E-state index in [9.17, 15) is 17.2 Å². The first-order valence-electron chi connectivity index (χ1n) is 8.60. The van der Waals surface area contributed by atoms with Gasteiger partial charge in [-0.05, 0) is 36.4 Å². The van der Waals surface area contributed by atoms with Crippen molar-refractivity contribution < 1.29 is 27.1 Å². The van der Waals surface area contributed by atoms with Gasteiger partial charge >= 0.3 is 0 Å². The van der Waals surface area contributed by atoms with Crippen LogP contribution < -0.4 is 10.2 Å². The highest BCUT2D eigenvalue weighted by Gasteiger charge is 2.25. The van der Waals surface area contributed by atoms with Crippen LogP contribution in [0.4, 0.5) is 14.5 Å². The summed E-state index contributed by atoms with van der Waals surface area (Å²) in [5.41, 5.74) is 1.18. The van der Waals surface area contributed by atoms with Gasteiger partial charge in [-0.1, -0.05) is 0 Å². The third kappa shape index (κ3) is 4.20. The van der Waals surface area contributed by atoms with E-state index < -0.39 is 26.6 Å². The lowest BCUT2D eigenvalue weighted by molar-refractivity contribution is -0.122. The summed E-state index contributed by atoms with van der Waals surface area (Å²) in [5.74, 6) is -1.85. The average molecular weight is 424 g/mol. The molecule has 0 bridgehead atoms. The number of hydrogen-bond donors (Lipinski definition) is 2. The lowest BCUT2D eigenvalue weighted by atomic mass is 10.2. The van der Waals surface area contributed by atoms with Gasteiger partial charge in [-0.3, -0.25) is 4.79 Å². The van der Waals surface area contributed by atoms with Gasteiger partial charge in [-0.2, -0.15) is 17.6 Å². The summed E-state index contributed by atoms with van der Waals surface area (Å²) >= 11 is 0. The zero-order valence-electron chi connectivity index (χ0n) is 15.1. The zero-order valence-corrected chi connectivity index (χ0v) is 15.9. The molecule has 0 saturated carbocycles. The zero-order chi connectivity index (χ0) is 21.0. The molecule has 8 nitrogen and oxygen atoms in total. The Labute approximate surface area is 165 Å². The minimum Gasteiger partial charge on any atom is -0.483 e. The molecule has 1 aliphatic heterocycles. The first-order valence-corrected chi connectivity index (χ1v) is 10.0. The van der Waals surface area contributed by atoms with E-state index in [4.69, 9.17) is 9.90 Å². The summed E-state index contributed by atoms with van der Waals surface area (Å²) in [7, 11) is -4.36. The highest BCUT2D eigenvalue weighted by atomic mass is 32.2. The van der Waals surface area contributed by atoms with Gasteiger partial charge in [0.25, 0.3) is 16.5 Å². The van der Waals surface area contributed by atoms with Crippen molar-refractivity contribution in [2.24, 2.45) is 0 Å². The Hall–Kier alpha value is -3.05. The van der Waals surface area contributed by atoms with E-state index in [-0.39, 0.29) is 6.47 Å². The molecule has 1 fully saturated rings. The van der Waals surface area contributed by atoms with Crippen LogP contribution in [-0.4, -0.2) is 55.4 Å². The number of carbonyl (C=O) groups is 1. The van der Waals surface area contributed by atoms with Crippen LogP contribution in [-0.2, 0) is 14.8 Å². The number of benzene rings is 2. The fourth-order valence-electron chi connectivity index (χ4n) is 3.06. The minimum atomic E-state index is -4.36. The minimum absolute atomic E-state index is 0.250. The second-order valence-corrected chi connectivity index (χ2v) is 7.89. The van der Waals surface area contributed by atoms with Crippen LogP contribution in [0.1, 0.15) is 0 Å². The van der Waals surface area contributed by atoms with Gasteiger partial charge in [0, 0.05) is 37.3 Å². The molecule has 0 spiro atoms. The largest absolute Gasteiger partial charge is 0.483 e. The van der Waals surface area contributed by atoms with Gasteiger partial charge in [-0.25, -0.2) is 8.78 Å². The van der Waals surface area contributed by atoms with Crippen molar-refractivity contribution >= 4 is 33.1 Å². The van der Waals surface area contributed by atoms with Crippen LogP contribution in [0.2, 0.25) is 0 Å². The van der Waals surface area contributed by atoms with E-state index in [1.807, 2.05) is 6.07 Å². The Kier molecular flexibility index (Phi) is 6.09. The van der Waals surface area contributed by atoms with E-state index in [0.717, 1.165) is 48.1 Å². The lowest BCUT2D eigenvalue weighted by Gasteiger charge is -2.29. The standard InChI is InChI=1S/C17H16F2N4O2S.CH2O2/c18-13-2-4-15(19)17(9-13)26(24,25)23-16-10-14(3-1-12(16)11-21-23)22-7-5-20-6-8-22;2-1-3/h1-4,9-11,20H,5-8H2;1H,(H,2,3). The number of hydrogen-bond acceptors (Lipinski definition) is 6. The summed E-state index contributed by atoms with van der Waals surface area (Å²) in [6.45, 7) is 3.02. The van der Waals surface area contributed by atoms with Gasteiger partial charge in [0.05, 0.1) is 11.7 Å². The van der Waals surface area contributed by atoms with Crippen LogP contribution in [0, 0.1) is 11.6 Å². The van der Waals surface area contributed by atoms with Crippen LogP contribution in [0.5, 0.6) is 0 Å². The highest BCUT2D eigenvalue weighted by Crippen LogP contribution is 2.26. The molecule has 0 amide bonds. The van der Waals surface area contributed by atoms with Crippen molar-refractivity contribution in [2.45, 2.75) is 4.90 Å². The van der Waals surface area contributed by atoms with Crippen LogP contribution in [0.15, 0.2) is 47.5 Å². The summed E-state index contributed by atoms with van der Waals surface area (Å²) < 4.78 is 53.9. The predicted octanol–water partition coefficient (Wildman–Crippen LogP) is 1.66. The molecule has 2 aromatic carbocycles. The monoisotopic (exact) mass is 424 g/mol. The highest BCUT2D eigenvalue weighted by molar-refractivity contribution is 7.90. The topological polar surface area (TPSA) is 105 Å². The second-order valence-electron chi connectivity index (χ2n) is 6.15. The molecule has 1 saturated heterocycles. The van der Waals surface area contributed by atoms with Gasteiger partial charge in [0.1, 0.15) is 16.5 Å². The van der Waals surface area contributed by atoms with Crippen LogP contribution in [0.25, 0.3) is 10.9 Å². The molecular weight excluding hydrogens is 406 g/mol. The van der Waals surface area contributed by atoms with Crippen molar-refractivity contribution in [3.05, 3.63) is 54.2 Å². The van der Waals surface area contributed by atoms with Crippen molar-refractivity contribution in [1.82, 2.24) is 14.5 Å². The van der Waals surface area contributed by atoms with Crippen LogP contribution >= 0.6 is 0 Å². The summed E-state index contributed by atoms with van der Waals surface area (Å²) in [6, 6.07) is 7.71. The van der Waals surface area contributed by atoms with Gasteiger partial charge in [-0.15, -0.1) is 0 Å². The first kappa shape index (κ1) is 20.7. The SMILES string of the molecule is O=CO.O=S(=O)(c1cc(F)ccc1F)n1ncc2ccc(N3CCNCC3)cc21. The molecule has 1 aliphatic rings. The van der Waals surface area contributed by atoms with E-state index >= 15 is 0 Å². The molecule has 2 heterocycles. The second kappa shape index (κ2) is 8.53. The number of anilines is 1. The van der Waals surface area contributed by atoms with E-state index in [1.165, 1.54) is 6.20 Å². The Bertz CT molecular complexity index is 1130. The predicted molar refractivity (Wildman–Crippen MR) is 102 cm³/mol. The molecule has 3 aromatic rings. The fourth-order valence-corrected chi connectivity index (χ4v) is 4.41. The Morgan fingerprint density at radius 3 is 2.48 bits per heavy atom. The molecule has 1 aromatic heterocycles. The van der Waals surface area contributed by atoms with E-state index in [1.54, 1.807) is 12.1 Å². The molecule has 11 heteroatoms. The Morgan fingerprint density at radius 1 is 1.10 bits per heavy atom. The van der Waals surface area contributed by atoms with Crippen molar-refractivity contribution in [3.63, 3.8) is 0 Å². The normalized spacial score (nSPS) is 14.3. The Balaban J connectivity index is 0.000000755. The molecule has 0 unspecified atom stereocenters. The number of carboxylic acid groups (broad SMARTS) is 1. The van der Waals surface area contributed by atoms with Gasteiger partial charge in [0.2, 0.25) is 0 Å². The van der Waals surface area contributed by atoms with Crippen LogP contribution in [0.3, 0.4) is 0 Å². The summed E-state index contributed by atoms with van der Waals surface area (Å²) in [5, 5.41) is 14.7. The number of piperazine rings is 1. The van der Waals surface area contributed by atoms with E-state index in [0.29, 0.717) is 17.0 Å². The maximum absolute atomic E-state index is 14.0. The molecule has 29 heavy (non-hydrogen) atoms. The number of halogens is 2. The summed E-state index contributed by atoms with van der Waals surface area (Å²) in [4.78, 5) is 9.75. The van der Waals surface area contributed by atoms with Gasteiger partial charge < -0.3 is 15.3 Å². The first-order chi connectivity index (χ1) is 13.9. The number of aromatic nitrogens is 2. The quantitative estimate of drug-likeness (QED) is 0.616. The molecule has 0 atom stereocenters. The number of fused-ring (bicyclic) bond motifs is 1. The molecule has 0 radical (unpaired) electrons. The molecule has 154 valence electrons. The number of nitrogens with zero attached hydrogens (tertiary/aromatic N) is 3. The van der Waals surface area contributed by atoms with Gasteiger partial charge in [0.15, 0.2) is 0 Å². The van der Waals surface area contributed by atoms with Crippen molar-refractivity contribution in [1.29, 1.82) is 0 Å². The molecule has 4 rings (SSSR count). The smallest absolute Gasteiger partial charge is 0.290 e. The van der Waals surface area contributed by atoms with Crippen molar-refractivity contribution in [2.75, 3.05) is 31.1 Å². The third-order valence-electron chi connectivity index (χ3n) is 4.40. The Morgan fingerprint density at radius 2 is 1.79 bits per heavy atom.